The molecule has 0 aromatic heterocycles. The Balaban J connectivity index is 1.51. The van der Waals surface area contributed by atoms with Crippen LogP contribution in [0.25, 0.3) is 0 Å². The number of rotatable bonds is 14. The zero-order valence-electron chi connectivity index (χ0n) is 26.0. The van der Waals surface area contributed by atoms with Crippen molar-refractivity contribution in [3.8, 4) is 0 Å². The number of allylic oxidation sites excluding steroid dienone is 3. The Morgan fingerprint density at radius 2 is 1.60 bits per heavy atom. The summed E-state index contributed by atoms with van der Waals surface area (Å²) in [6.45, 7) is 9.76. The van der Waals surface area contributed by atoms with Crippen LogP contribution in [-0.4, -0.2) is 58.3 Å². The Kier molecular flexibility index (Phi) is 10.2. The van der Waals surface area contributed by atoms with Crippen LogP contribution in [0.4, 0.5) is 11.4 Å². The highest BCUT2D eigenvalue weighted by atomic mass is 32.2. The highest BCUT2D eigenvalue weighted by Crippen LogP contribution is 2.45. The molecule has 8 heteroatoms. The molecule has 0 radical (unpaired) electrons. The van der Waals surface area contributed by atoms with Crippen molar-refractivity contribution in [3.05, 3.63) is 84.0 Å². The number of primary amides is 1. The Morgan fingerprint density at radius 3 is 2.30 bits per heavy atom. The fourth-order valence-corrected chi connectivity index (χ4v) is 7.18. The van der Waals surface area contributed by atoms with E-state index in [4.69, 9.17) is 10.3 Å². The summed E-state index contributed by atoms with van der Waals surface area (Å²) in [6, 6.07) is 17.3. The van der Waals surface area contributed by atoms with E-state index in [1.807, 2.05) is 6.07 Å². The molecule has 230 valence electrons. The highest BCUT2D eigenvalue weighted by molar-refractivity contribution is 7.85. The molecule has 4 rings (SSSR count). The number of nitrogens with two attached hydrogens (primary N) is 1. The molecular weight excluding hydrogens is 558 g/mol. The van der Waals surface area contributed by atoms with E-state index < -0.39 is 10.1 Å². The molecule has 1 atom stereocenters. The predicted octanol–water partition coefficient (Wildman–Crippen LogP) is 6.35. The molecule has 0 saturated heterocycles. The van der Waals surface area contributed by atoms with Gasteiger partial charge in [0.1, 0.15) is 12.8 Å². The van der Waals surface area contributed by atoms with Crippen LogP contribution in [-0.2, 0) is 25.7 Å². The van der Waals surface area contributed by atoms with Gasteiger partial charge in [-0.05, 0) is 47.0 Å². The van der Waals surface area contributed by atoms with Crippen LogP contribution in [0.1, 0.15) is 83.8 Å². The number of carbonyl (C=O) groups excluding carboxylic acids is 1. The van der Waals surface area contributed by atoms with Crippen molar-refractivity contribution in [2.45, 2.75) is 89.5 Å². The number of amides is 1. The molecule has 3 N–H and O–H groups in total. The number of para-hydroxylation sites is 2. The summed E-state index contributed by atoms with van der Waals surface area (Å²) in [4.78, 5) is 11.1. The summed E-state index contributed by atoms with van der Waals surface area (Å²) in [5, 5.41) is 0. The zero-order valence-corrected chi connectivity index (χ0v) is 26.8. The van der Waals surface area contributed by atoms with Crippen LogP contribution in [0.5, 0.6) is 0 Å². The molecule has 0 saturated carbocycles. The van der Waals surface area contributed by atoms with Crippen LogP contribution >= 0.6 is 0 Å². The van der Waals surface area contributed by atoms with Crippen LogP contribution in [0.3, 0.4) is 0 Å². The fourth-order valence-electron chi connectivity index (χ4n) is 6.62. The summed E-state index contributed by atoms with van der Waals surface area (Å²) in [5.41, 5.74) is 11.3. The monoisotopic (exact) mass is 605 g/mol. The first kappa shape index (κ1) is 32.6. The SMILES string of the molecule is CC1(C)C(/C=C/C=C/C[C@H]2[N+](=CCCCCC(N)=O)c3ccccc3C2(C)C)=[N+](CCCCS(=O)(=O)O)c2ccccc21. The van der Waals surface area contributed by atoms with Crippen molar-refractivity contribution in [1.29, 1.82) is 0 Å². The largest absolute Gasteiger partial charge is 0.370 e. The van der Waals surface area contributed by atoms with Gasteiger partial charge in [-0.2, -0.15) is 17.6 Å². The van der Waals surface area contributed by atoms with E-state index in [1.54, 1.807) is 0 Å². The molecule has 2 heterocycles. The van der Waals surface area contributed by atoms with E-state index in [9.17, 15) is 13.2 Å². The van der Waals surface area contributed by atoms with Gasteiger partial charge in [0.15, 0.2) is 11.8 Å². The second-order valence-corrected chi connectivity index (χ2v) is 14.3. The van der Waals surface area contributed by atoms with Crippen LogP contribution in [0.15, 0.2) is 72.8 Å². The quantitative estimate of drug-likeness (QED) is 0.113. The molecule has 2 aliphatic rings. The van der Waals surface area contributed by atoms with Gasteiger partial charge in [0.05, 0.1) is 16.6 Å². The average Bonchev–Trinajstić information content (AvgIpc) is 3.29. The van der Waals surface area contributed by atoms with E-state index in [0.29, 0.717) is 25.8 Å². The van der Waals surface area contributed by atoms with Gasteiger partial charge < -0.3 is 5.73 Å². The van der Waals surface area contributed by atoms with Gasteiger partial charge in [-0.1, -0.05) is 54.6 Å². The fraction of sp³-hybridized carbons (Fsp3) is 0.457. The first-order valence-corrected chi connectivity index (χ1v) is 17.0. The Hall–Kier alpha value is -3.36. The molecular formula is C35H47N3O4S+2. The molecule has 0 unspecified atom stereocenters. The van der Waals surface area contributed by atoms with Crippen molar-refractivity contribution in [2.24, 2.45) is 5.73 Å². The van der Waals surface area contributed by atoms with Gasteiger partial charge in [0, 0.05) is 55.0 Å². The first-order valence-electron chi connectivity index (χ1n) is 15.4. The normalized spacial score (nSPS) is 19.9. The maximum atomic E-state index is 11.2. The number of hydrogen-bond donors (Lipinski definition) is 2. The van der Waals surface area contributed by atoms with Crippen molar-refractivity contribution >= 4 is 39.3 Å². The maximum Gasteiger partial charge on any atom is 0.264 e. The van der Waals surface area contributed by atoms with E-state index in [0.717, 1.165) is 31.4 Å². The highest BCUT2D eigenvalue weighted by Gasteiger charge is 2.48. The molecule has 2 aromatic rings. The van der Waals surface area contributed by atoms with Crippen molar-refractivity contribution in [1.82, 2.24) is 0 Å². The number of fused-ring (bicyclic) bond motifs is 2. The number of carbonyl (C=O) groups is 1. The molecule has 7 nitrogen and oxygen atoms in total. The third kappa shape index (κ3) is 7.60. The van der Waals surface area contributed by atoms with Gasteiger partial charge in [0.2, 0.25) is 17.3 Å². The molecule has 0 aliphatic carbocycles. The third-order valence-corrected chi connectivity index (χ3v) is 9.75. The van der Waals surface area contributed by atoms with Crippen molar-refractivity contribution in [3.63, 3.8) is 0 Å². The van der Waals surface area contributed by atoms with Gasteiger partial charge in [-0.15, -0.1) is 0 Å². The lowest BCUT2D eigenvalue weighted by atomic mass is 9.79. The lowest BCUT2D eigenvalue weighted by Crippen LogP contribution is -2.34. The predicted molar refractivity (Wildman–Crippen MR) is 175 cm³/mol. The zero-order chi connectivity index (χ0) is 31.3. The maximum absolute atomic E-state index is 11.2. The third-order valence-electron chi connectivity index (χ3n) is 8.94. The minimum Gasteiger partial charge on any atom is -0.370 e. The second kappa shape index (κ2) is 13.5. The number of hydrogen-bond acceptors (Lipinski definition) is 3. The first-order chi connectivity index (χ1) is 20.3. The lowest BCUT2D eigenvalue weighted by molar-refractivity contribution is -0.479. The summed E-state index contributed by atoms with van der Waals surface area (Å²) in [5.74, 6) is -0.463. The van der Waals surface area contributed by atoms with Crippen molar-refractivity contribution in [2.75, 3.05) is 12.3 Å². The topological polar surface area (TPSA) is 103 Å². The number of unbranched alkanes of at least 4 members (excludes halogenated alkanes) is 3. The van der Waals surface area contributed by atoms with Gasteiger partial charge in [0.25, 0.3) is 10.1 Å². The molecule has 0 fully saturated rings. The second-order valence-electron chi connectivity index (χ2n) is 12.8. The van der Waals surface area contributed by atoms with Crippen LogP contribution in [0, 0.1) is 0 Å². The summed E-state index contributed by atoms with van der Waals surface area (Å²) < 4.78 is 36.3. The van der Waals surface area contributed by atoms with Crippen LogP contribution < -0.4 is 5.73 Å². The summed E-state index contributed by atoms with van der Waals surface area (Å²) in [7, 11) is -3.96. The summed E-state index contributed by atoms with van der Waals surface area (Å²) in [6.07, 6.45) is 15.9. The van der Waals surface area contributed by atoms with Gasteiger partial charge >= 0.3 is 0 Å². The average molecular weight is 606 g/mol. The Labute approximate surface area is 257 Å². The number of nitrogens with zero attached hydrogens (tertiary/aromatic N) is 2. The molecule has 2 aliphatic heterocycles. The Bertz CT molecular complexity index is 1560. The molecule has 0 bridgehead atoms. The van der Waals surface area contributed by atoms with Gasteiger partial charge in [-0.3, -0.25) is 9.35 Å². The van der Waals surface area contributed by atoms with E-state index in [-0.39, 0.29) is 28.5 Å². The molecule has 43 heavy (non-hydrogen) atoms. The minimum atomic E-state index is -3.96. The minimum absolute atomic E-state index is 0.0307. The molecule has 2 aromatic carbocycles. The van der Waals surface area contributed by atoms with E-state index >= 15 is 0 Å². The van der Waals surface area contributed by atoms with Crippen molar-refractivity contribution < 1.29 is 26.9 Å². The standard InChI is InChI=1S/C35H45N3O4S/c1-34(2)27-17-10-12-19-29(27)37(24-14-6-9-23-33(36)39)31(34)21-7-5-8-22-32-35(3,4)28-18-11-13-20-30(28)38(32)25-15-16-26-43(40,41)42/h5,7-8,10-13,17-20,22,24,31H,6,9,14-16,21,23,25-26H2,1-4H3,(H-2,36,39,40,41,42)/p+2/b7-5+,22-8+,37-24?/t31-/m1/s1. The molecule has 0 spiro atoms. The lowest BCUT2D eigenvalue weighted by Gasteiger charge is -2.22. The van der Waals surface area contributed by atoms with E-state index in [2.05, 4.69) is 110 Å². The molecule has 1 amide bonds. The smallest absolute Gasteiger partial charge is 0.264 e. The van der Waals surface area contributed by atoms with E-state index in [1.165, 1.54) is 22.5 Å². The Morgan fingerprint density at radius 1 is 0.930 bits per heavy atom. The van der Waals surface area contributed by atoms with Gasteiger partial charge in [-0.25, -0.2) is 0 Å². The van der Waals surface area contributed by atoms with Crippen LogP contribution in [0.2, 0.25) is 0 Å². The summed E-state index contributed by atoms with van der Waals surface area (Å²) >= 11 is 0. The number of benzene rings is 2.